The van der Waals surface area contributed by atoms with Crippen LogP contribution in [0.1, 0.15) is 15.9 Å². The first-order valence-electron chi connectivity index (χ1n) is 7.93. The Hall–Kier alpha value is -2.57. The van der Waals surface area contributed by atoms with Crippen LogP contribution in [0.2, 0.25) is 5.02 Å². The number of amides is 1. The zero-order chi connectivity index (χ0) is 18.4. The normalized spacial score (nSPS) is 10.4. The molecule has 0 fully saturated rings. The van der Waals surface area contributed by atoms with Crippen LogP contribution in [0.3, 0.4) is 0 Å². The van der Waals surface area contributed by atoms with Crippen LogP contribution in [-0.2, 0) is 5.75 Å². The van der Waals surface area contributed by atoms with Gasteiger partial charge in [0.25, 0.3) is 5.91 Å². The van der Waals surface area contributed by atoms with Gasteiger partial charge in [0, 0.05) is 35.9 Å². The number of carbonyl (C=O) groups excluding carboxylic acids is 1. The highest BCUT2D eigenvalue weighted by Crippen LogP contribution is 2.25. The number of aromatic nitrogens is 2. The van der Waals surface area contributed by atoms with E-state index in [1.54, 1.807) is 48.8 Å². The predicted molar refractivity (Wildman–Crippen MR) is 107 cm³/mol. The molecule has 0 aliphatic rings. The molecule has 0 atom stereocenters. The summed E-state index contributed by atoms with van der Waals surface area (Å²) in [7, 11) is 1.83. The number of benzene rings is 1. The maximum atomic E-state index is 12.6. The van der Waals surface area contributed by atoms with Gasteiger partial charge in [0.15, 0.2) is 0 Å². The molecule has 0 unspecified atom stereocenters. The van der Waals surface area contributed by atoms with Crippen molar-refractivity contribution >= 4 is 40.8 Å². The van der Waals surface area contributed by atoms with Gasteiger partial charge in [-0.15, -0.1) is 11.8 Å². The largest absolute Gasteiger partial charge is 0.373 e. The third-order valence-corrected chi connectivity index (χ3v) is 4.90. The van der Waals surface area contributed by atoms with E-state index in [4.69, 9.17) is 11.6 Å². The number of pyridine rings is 2. The number of halogens is 1. The van der Waals surface area contributed by atoms with Crippen LogP contribution in [0, 0.1) is 0 Å². The molecule has 0 spiro atoms. The number of nitrogens with one attached hydrogen (secondary N) is 2. The Labute approximate surface area is 161 Å². The van der Waals surface area contributed by atoms with Crippen LogP contribution in [-0.4, -0.2) is 22.9 Å². The van der Waals surface area contributed by atoms with Crippen molar-refractivity contribution < 1.29 is 4.79 Å². The van der Waals surface area contributed by atoms with Gasteiger partial charge in [-0.3, -0.25) is 4.79 Å². The number of thioether (sulfide) groups is 1. The fourth-order valence-electron chi connectivity index (χ4n) is 2.26. The molecule has 0 bridgehead atoms. The van der Waals surface area contributed by atoms with E-state index in [0.29, 0.717) is 27.1 Å². The van der Waals surface area contributed by atoms with E-state index in [0.717, 1.165) is 11.4 Å². The Bertz CT molecular complexity index is 902. The van der Waals surface area contributed by atoms with E-state index < -0.39 is 0 Å². The number of carbonyl (C=O) groups is 1. The van der Waals surface area contributed by atoms with E-state index in [-0.39, 0.29) is 5.91 Å². The molecule has 5 nitrogen and oxygen atoms in total. The Morgan fingerprint density at radius 1 is 1.12 bits per heavy atom. The minimum atomic E-state index is -0.200. The molecule has 1 amide bonds. The van der Waals surface area contributed by atoms with Gasteiger partial charge in [0.05, 0.1) is 5.56 Å². The Morgan fingerprint density at radius 3 is 2.69 bits per heavy atom. The lowest BCUT2D eigenvalue weighted by Crippen LogP contribution is -2.13. The smallest absolute Gasteiger partial charge is 0.258 e. The molecule has 3 rings (SSSR count). The van der Waals surface area contributed by atoms with E-state index in [1.165, 1.54) is 11.8 Å². The van der Waals surface area contributed by atoms with E-state index >= 15 is 0 Å². The van der Waals surface area contributed by atoms with Crippen LogP contribution >= 0.6 is 23.4 Å². The van der Waals surface area contributed by atoms with Crippen LogP contribution in [0.15, 0.2) is 66.0 Å². The first-order valence-corrected chi connectivity index (χ1v) is 9.29. The average Bonchev–Trinajstić information content (AvgIpc) is 2.68. The van der Waals surface area contributed by atoms with Gasteiger partial charge in [0.1, 0.15) is 10.8 Å². The fraction of sp³-hybridized carbons (Fsp3) is 0.105. The molecule has 7 heteroatoms. The first kappa shape index (κ1) is 18.2. The quantitative estimate of drug-likeness (QED) is 0.602. The summed E-state index contributed by atoms with van der Waals surface area (Å²) in [6, 6.07) is 14.4. The van der Waals surface area contributed by atoms with Crippen LogP contribution in [0.4, 0.5) is 11.5 Å². The molecule has 132 valence electrons. The molecule has 2 heterocycles. The molecule has 1 aromatic carbocycles. The topological polar surface area (TPSA) is 66.9 Å². The van der Waals surface area contributed by atoms with Gasteiger partial charge in [0.2, 0.25) is 0 Å². The van der Waals surface area contributed by atoms with Crippen molar-refractivity contribution in [3.63, 3.8) is 0 Å². The molecule has 0 radical (unpaired) electrons. The monoisotopic (exact) mass is 384 g/mol. The Morgan fingerprint density at radius 2 is 1.92 bits per heavy atom. The molecular weight excluding hydrogens is 368 g/mol. The number of nitrogens with zero attached hydrogens (tertiary/aromatic N) is 2. The summed E-state index contributed by atoms with van der Waals surface area (Å²) in [6.45, 7) is 0. The second-order valence-electron chi connectivity index (χ2n) is 5.41. The number of hydrogen-bond donors (Lipinski definition) is 2. The average molecular weight is 385 g/mol. The maximum Gasteiger partial charge on any atom is 0.258 e. The predicted octanol–water partition coefficient (Wildman–Crippen LogP) is 4.72. The number of anilines is 2. The highest BCUT2D eigenvalue weighted by molar-refractivity contribution is 7.98. The van der Waals surface area contributed by atoms with Crippen molar-refractivity contribution in [2.45, 2.75) is 10.8 Å². The van der Waals surface area contributed by atoms with Gasteiger partial charge in [-0.2, -0.15) is 0 Å². The highest BCUT2D eigenvalue weighted by Gasteiger charge is 2.13. The van der Waals surface area contributed by atoms with Crippen molar-refractivity contribution in [3.8, 4) is 0 Å². The van der Waals surface area contributed by atoms with Gasteiger partial charge < -0.3 is 10.6 Å². The summed E-state index contributed by atoms with van der Waals surface area (Å²) in [6.07, 6.45) is 3.45. The van der Waals surface area contributed by atoms with E-state index in [1.807, 2.05) is 19.2 Å². The Kier molecular flexibility index (Phi) is 6.09. The summed E-state index contributed by atoms with van der Waals surface area (Å²) in [5.74, 6) is 1.30. The molecule has 0 saturated heterocycles. The standard InChI is InChI=1S/C19H17ClN4OS/c1-21-17-11-13(8-10-22-17)12-26-19-16(3-2-9-23-19)18(25)24-15-6-4-14(20)5-7-15/h2-11H,12H2,1H3,(H,21,22)(H,24,25). The highest BCUT2D eigenvalue weighted by atomic mass is 35.5. The van der Waals surface area contributed by atoms with E-state index in [9.17, 15) is 4.79 Å². The van der Waals surface area contributed by atoms with Gasteiger partial charge in [-0.1, -0.05) is 11.6 Å². The minimum Gasteiger partial charge on any atom is -0.373 e. The summed E-state index contributed by atoms with van der Waals surface area (Å²) in [5, 5.41) is 7.19. The second kappa shape index (κ2) is 8.69. The lowest BCUT2D eigenvalue weighted by molar-refractivity contribution is 0.102. The lowest BCUT2D eigenvalue weighted by Gasteiger charge is -2.09. The van der Waals surface area contributed by atoms with E-state index in [2.05, 4.69) is 20.6 Å². The molecule has 0 aliphatic heterocycles. The fourth-order valence-corrected chi connectivity index (χ4v) is 3.32. The zero-order valence-electron chi connectivity index (χ0n) is 14.1. The molecule has 0 aliphatic carbocycles. The third kappa shape index (κ3) is 4.74. The SMILES string of the molecule is CNc1cc(CSc2ncccc2C(=O)Nc2ccc(Cl)cc2)ccn1. The zero-order valence-corrected chi connectivity index (χ0v) is 15.6. The molecule has 2 aromatic heterocycles. The molecule has 2 N–H and O–H groups in total. The van der Waals surface area contributed by atoms with Gasteiger partial charge >= 0.3 is 0 Å². The van der Waals surface area contributed by atoms with Crippen LogP contribution in [0.5, 0.6) is 0 Å². The van der Waals surface area contributed by atoms with Crippen molar-refractivity contribution in [2.75, 3.05) is 17.7 Å². The molecule has 26 heavy (non-hydrogen) atoms. The summed E-state index contributed by atoms with van der Waals surface area (Å²) in [5.41, 5.74) is 2.33. The summed E-state index contributed by atoms with van der Waals surface area (Å²) >= 11 is 7.39. The van der Waals surface area contributed by atoms with Crippen molar-refractivity contribution in [1.29, 1.82) is 0 Å². The Balaban J connectivity index is 1.72. The number of rotatable bonds is 6. The molecule has 3 aromatic rings. The lowest BCUT2D eigenvalue weighted by atomic mass is 10.2. The van der Waals surface area contributed by atoms with Crippen molar-refractivity contribution in [1.82, 2.24) is 9.97 Å². The summed E-state index contributed by atoms with van der Waals surface area (Å²) in [4.78, 5) is 21.2. The van der Waals surface area contributed by atoms with Gasteiger partial charge in [-0.25, -0.2) is 9.97 Å². The van der Waals surface area contributed by atoms with Gasteiger partial charge in [-0.05, 0) is 54.1 Å². The third-order valence-electron chi connectivity index (χ3n) is 3.57. The van der Waals surface area contributed by atoms with Crippen molar-refractivity contribution in [3.05, 3.63) is 77.1 Å². The second-order valence-corrected chi connectivity index (χ2v) is 6.81. The van der Waals surface area contributed by atoms with Crippen molar-refractivity contribution in [2.24, 2.45) is 0 Å². The first-order chi connectivity index (χ1) is 12.7. The minimum absolute atomic E-state index is 0.200. The summed E-state index contributed by atoms with van der Waals surface area (Å²) < 4.78 is 0. The van der Waals surface area contributed by atoms with Crippen LogP contribution in [0.25, 0.3) is 0 Å². The molecular formula is C19H17ClN4OS. The maximum absolute atomic E-state index is 12.6. The molecule has 0 saturated carbocycles. The number of hydrogen-bond acceptors (Lipinski definition) is 5. The van der Waals surface area contributed by atoms with Crippen LogP contribution < -0.4 is 10.6 Å².